The molecule has 0 unspecified atom stereocenters. The summed E-state index contributed by atoms with van der Waals surface area (Å²) in [6.45, 7) is 7.63. The number of ether oxygens (including phenoxy) is 1. The Morgan fingerprint density at radius 1 is 1.16 bits per heavy atom. The zero-order valence-corrected chi connectivity index (χ0v) is 19.0. The molecule has 1 aliphatic rings. The van der Waals surface area contributed by atoms with Crippen LogP contribution in [0.3, 0.4) is 0 Å². The van der Waals surface area contributed by atoms with Crippen molar-refractivity contribution in [1.82, 2.24) is 25.0 Å². The molecule has 3 aromatic rings. The highest BCUT2D eigenvalue weighted by Crippen LogP contribution is 2.29. The predicted molar refractivity (Wildman–Crippen MR) is 125 cm³/mol. The molecular weight excluding hydrogens is 428 g/mol. The van der Waals surface area contributed by atoms with Crippen LogP contribution in [0.15, 0.2) is 48.8 Å². The molecule has 1 aromatic heterocycles. The fourth-order valence-electron chi connectivity index (χ4n) is 3.73. The zero-order chi connectivity index (χ0) is 22.5. The Bertz CT molecular complexity index is 1080. The summed E-state index contributed by atoms with van der Waals surface area (Å²) in [7, 11) is 0. The molecule has 2 heterocycles. The van der Waals surface area contributed by atoms with Gasteiger partial charge in [0.1, 0.15) is 23.6 Å². The molecular formula is C23H27ClN6O2. The molecule has 2 amide bonds. The molecule has 1 aliphatic heterocycles. The monoisotopic (exact) mass is 454 g/mol. The Morgan fingerprint density at radius 3 is 2.66 bits per heavy atom. The van der Waals surface area contributed by atoms with Crippen molar-refractivity contribution in [3.8, 4) is 11.4 Å². The maximum atomic E-state index is 12.6. The molecule has 2 aromatic carbocycles. The van der Waals surface area contributed by atoms with E-state index in [-0.39, 0.29) is 6.03 Å². The van der Waals surface area contributed by atoms with Crippen molar-refractivity contribution in [2.45, 2.75) is 20.4 Å². The van der Waals surface area contributed by atoms with Crippen LogP contribution in [0.4, 0.5) is 10.5 Å². The SMILES string of the molecule is CCOc1cc(N2CCN(C(=O)NCc3cccc(Cl)c3)CC2)ccc1-n1cnc(C)n1. The average Bonchev–Trinajstić information content (AvgIpc) is 3.24. The number of aromatic nitrogens is 3. The molecule has 1 fully saturated rings. The van der Waals surface area contributed by atoms with Gasteiger partial charge >= 0.3 is 6.03 Å². The third kappa shape index (κ3) is 5.13. The molecule has 168 valence electrons. The minimum absolute atomic E-state index is 0.0588. The van der Waals surface area contributed by atoms with E-state index in [1.165, 1.54) is 0 Å². The second kappa shape index (κ2) is 9.91. The first kappa shape index (κ1) is 22.0. The quantitative estimate of drug-likeness (QED) is 0.615. The van der Waals surface area contributed by atoms with Crippen LogP contribution >= 0.6 is 11.6 Å². The van der Waals surface area contributed by atoms with Crippen LogP contribution in [0.2, 0.25) is 5.02 Å². The van der Waals surface area contributed by atoms with Gasteiger partial charge in [0.2, 0.25) is 0 Å². The molecule has 0 saturated carbocycles. The molecule has 0 spiro atoms. The van der Waals surface area contributed by atoms with E-state index in [0.717, 1.165) is 35.8 Å². The normalized spacial score (nSPS) is 13.8. The van der Waals surface area contributed by atoms with Gasteiger partial charge in [0, 0.05) is 49.5 Å². The fourth-order valence-corrected chi connectivity index (χ4v) is 3.94. The number of carbonyl (C=O) groups excluding carboxylic acids is 1. The standard InChI is InChI=1S/C23H27ClN6O2/c1-3-32-22-14-20(7-8-21(22)30-16-26-17(2)27-30)28-9-11-29(12-10-28)23(31)25-15-18-5-4-6-19(24)13-18/h4-8,13-14,16H,3,9-12,15H2,1-2H3,(H,25,31). The Balaban J connectivity index is 1.37. The van der Waals surface area contributed by atoms with Gasteiger partial charge in [0.05, 0.1) is 6.61 Å². The molecule has 4 rings (SSSR count). The van der Waals surface area contributed by atoms with Crippen molar-refractivity contribution in [3.63, 3.8) is 0 Å². The summed E-state index contributed by atoms with van der Waals surface area (Å²) in [5.74, 6) is 1.47. The fraction of sp³-hybridized carbons (Fsp3) is 0.348. The number of urea groups is 1. The number of hydrogen-bond donors (Lipinski definition) is 1. The Kier molecular flexibility index (Phi) is 6.80. The number of piperazine rings is 1. The molecule has 0 radical (unpaired) electrons. The number of nitrogens with zero attached hydrogens (tertiary/aromatic N) is 5. The zero-order valence-electron chi connectivity index (χ0n) is 18.3. The minimum Gasteiger partial charge on any atom is -0.492 e. The summed E-state index contributed by atoms with van der Waals surface area (Å²) in [5, 5.41) is 8.04. The van der Waals surface area contributed by atoms with Crippen molar-refractivity contribution in [1.29, 1.82) is 0 Å². The molecule has 8 nitrogen and oxygen atoms in total. The molecule has 0 bridgehead atoms. The van der Waals surface area contributed by atoms with E-state index in [4.69, 9.17) is 16.3 Å². The Labute approximate surface area is 192 Å². The van der Waals surface area contributed by atoms with Crippen molar-refractivity contribution < 1.29 is 9.53 Å². The lowest BCUT2D eigenvalue weighted by Gasteiger charge is -2.36. The van der Waals surface area contributed by atoms with Crippen LogP contribution in [0.5, 0.6) is 5.75 Å². The van der Waals surface area contributed by atoms with E-state index >= 15 is 0 Å². The maximum absolute atomic E-state index is 12.6. The van der Waals surface area contributed by atoms with Gasteiger partial charge in [0.25, 0.3) is 0 Å². The van der Waals surface area contributed by atoms with Crippen LogP contribution in [0.1, 0.15) is 18.3 Å². The van der Waals surface area contributed by atoms with E-state index in [1.54, 1.807) is 11.0 Å². The van der Waals surface area contributed by atoms with Gasteiger partial charge in [-0.2, -0.15) is 5.10 Å². The minimum atomic E-state index is -0.0588. The molecule has 9 heteroatoms. The maximum Gasteiger partial charge on any atom is 0.317 e. The second-order valence-electron chi connectivity index (χ2n) is 7.58. The lowest BCUT2D eigenvalue weighted by molar-refractivity contribution is 0.194. The number of rotatable bonds is 6. The molecule has 1 N–H and O–H groups in total. The summed E-state index contributed by atoms with van der Waals surface area (Å²) in [4.78, 5) is 20.9. The van der Waals surface area contributed by atoms with E-state index < -0.39 is 0 Å². The van der Waals surface area contributed by atoms with Crippen LogP contribution in [-0.4, -0.2) is 58.5 Å². The first-order valence-electron chi connectivity index (χ1n) is 10.7. The number of halogens is 1. The summed E-state index contributed by atoms with van der Waals surface area (Å²) in [6, 6.07) is 13.5. The van der Waals surface area contributed by atoms with Crippen LogP contribution in [0.25, 0.3) is 5.69 Å². The molecule has 32 heavy (non-hydrogen) atoms. The lowest BCUT2D eigenvalue weighted by Crippen LogP contribution is -2.51. The number of benzene rings is 2. The lowest BCUT2D eigenvalue weighted by atomic mass is 10.2. The number of amides is 2. The van der Waals surface area contributed by atoms with Crippen LogP contribution in [0, 0.1) is 6.92 Å². The number of hydrogen-bond acceptors (Lipinski definition) is 5. The number of nitrogens with one attached hydrogen (secondary N) is 1. The summed E-state index contributed by atoms with van der Waals surface area (Å²) in [6.07, 6.45) is 1.69. The molecule has 1 saturated heterocycles. The first-order chi connectivity index (χ1) is 15.5. The van der Waals surface area contributed by atoms with E-state index in [0.29, 0.717) is 37.1 Å². The van der Waals surface area contributed by atoms with Crippen molar-refractivity contribution in [2.24, 2.45) is 0 Å². The highest BCUT2D eigenvalue weighted by atomic mass is 35.5. The van der Waals surface area contributed by atoms with Crippen molar-refractivity contribution in [2.75, 3.05) is 37.7 Å². The second-order valence-corrected chi connectivity index (χ2v) is 8.02. The van der Waals surface area contributed by atoms with Crippen molar-refractivity contribution in [3.05, 3.63) is 65.2 Å². The first-order valence-corrected chi connectivity index (χ1v) is 11.1. The highest BCUT2D eigenvalue weighted by molar-refractivity contribution is 6.30. The van der Waals surface area contributed by atoms with Gasteiger partial charge in [-0.3, -0.25) is 0 Å². The largest absolute Gasteiger partial charge is 0.492 e. The number of carbonyl (C=O) groups is 1. The molecule has 0 aliphatic carbocycles. The van der Waals surface area contributed by atoms with Gasteiger partial charge in [-0.25, -0.2) is 14.5 Å². The Morgan fingerprint density at radius 2 is 1.97 bits per heavy atom. The average molecular weight is 455 g/mol. The summed E-state index contributed by atoms with van der Waals surface area (Å²) < 4.78 is 7.60. The third-order valence-electron chi connectivity index (χ3n) is 5.36. The van der Waals surface area contributed by atoms with Crippen LogP contribution < -0.4 is 15.0 Å². The summed E-state index contributed by atoms with van der Waals surface area (Å²) >= 11 is 6.01. The van der Waals surface area contributed by atoms with E-state index in [9.17, 15) is 4.79 Å². The van der Waals surface area contributed by atoms with E-state index in [2.05, 4.69) is 26.4 Å². The third-order valence-corrected chi connectivity index (χ3v) is 5.60. The molecule has 0 atom stereocenters. The van der Waals surface area contributed by atoms with Gasteiger partial charge in [-0.1, -0.05) is 23.7 Å². The van der Waals surface area contributed by atoms with Crippen molar-refractivity contribution >= 4 is 23.3 Å². The van der Waals surface area contributed by atoms with E-state index in [1.807, 2.05) is 55.1 Å². The van der Waals surface area contributed by atoms with Gasteiger partial charge in [0.15, 0.2) is 0 Å². The Hall–Kier alpha value is -3.26. The highest BCUT2D eigenvalue weighted by Gasteiger charge is 2.22. The smallest absolute Gasteiger partial charge is 0.317 e. The topological polar surface area (TPSA) is 75.5 Å². The number of anilines is 1. The number of aryl methyl sites for hydroxylation is 1. The summed E-state index contributed by atoms with van der Waals surface area (Å²) in [5.41, 5.74) is 2.90. The van der Waals surface area contributed by atoms with Gasteiger partial charge in [-0.05, 0) is 43.7 Å². The van der Waals surface area contributed by atoms with Gasteiger partial charge in [-0.15, -0.1) is 0 Å². The van der Waals surface area contributed by atoms with Gasteiger partial charge < -0.3 is 19.9 Å². The predicted octanol–water partition coefficient (Wildman–Crippen LogP) is 3.66. The van der Waals surface area contributed by atoms with Crippen LogP contribution in [-0.2, 0) is 6.54 Å².